The van der Waals surface area contributed by atoms with Gasteiger partial charge in [-0.05, 0) is 43.7 Å². The lowest BCUT2D eigenvalue weighted by atomic mass is 9.86. The van der Waals surface area contributed by atoms with Gasteiger partial charge in [-0.3, -0.25) is 9.59 Å². The van der Waals surface area contributed by atoms with Crippen LogP contribution in [0.5, 0.6) is 0 Å². The summed E-state index contributed by atoms with van der Waals surface area (Å²) >= 11 is 0. The largest absolute Gasteiger partial charge is 0.396 e. The molecular weight excluding hydrogens is 294 g/mol. The fourth-order valence-corrected chi connectivity index (χ4v) is 2.51. The Morgan fingerprint density at radius 1 is 1.14 bits per heavy atom. The molecule has 0 atom stereocenters. The van der Waals surface area contributed by atoms with Crippen molar-refractivity contribution in [3.63, 3.8) is 0 Å². The number of halogens is 2. The van der Waals surface area contributed by atoms with Gasteiger partial charge in [-0.25, -0.2) is 8.78 Å². The van der Waals surface area contributed by atoms with E-state index in [2.05, 4.69) is 10.6 Å². The molecule has 3 N–H and O–H groups in total. The monoisotopic (exact) mass is 312 g/mol. The molecule has 1 saturated carbocycles. The molecule has 2 rings (SSSR count). The van der Waals surface area contributed by atoms with E-state index in [1.54, 1.807) is 0 Å². The predicted molar refractivity (Wildman–Crippen MR) is 76.0 cm³/mol. The van der Waals surface area contributed by atoms with Crippen molar-refractivity contribution in [2.24, 2.45) is 5.92 Å². The van der Waals surface area contributed by atoms with E-state index >= 15 is 0 Å². The minimum absolute atomic E-state index is 0.126. The molecule has 22 heavy (non-hydrogen) atoms. The smallest absolute Gasteiger partial charge is 0.313 e. The summed E-state index contributed by atoms with van der Waals surface area (Å²) in [5, 5.41) is 13.7. The zero-order valence-electron chi connectivity index (χ0n) is 11.9. The highest BCUT2D eigenvalue weighted by molar-refractivity contribution is 6.39. The van der Waals surface area contributed by atoms with E-state index in [4.69, 9.17) is 5.11 Å². The molecule has 1 aliphatic rings. The van der Waals surface area contributed by atoms with Gasteiger partial charge >= 0.3 is 11.8 Å². The summed E-state index contributed by atoms with van der Waals surface area (Å²) in [5.41, 5.74) is -0.245. The van der Waals surface area contributed by atoms with E-state index in [0.29, 0.717) is 18.9 Å². The van der Waals surface area contributed by atoms with E-state index in [0.717, 1.165) is 25.0 Å². The Morgan fingerprint density at radius 2 is 1.82 bits per heavy atom. The third kappa shape index (κ3) is 4.24. The number of carbonyl (C=O) groups excluding carboxylic acids is 2. The fourth-order valence-electron chi connectivity index (χ4n) is 2.51. The van der Waals surface area contributed by atoms with Gasteiger partial charge in [0.1, 0.15) is 11.6 Å². The summed E-state index contributed by atoms with van der Waals surface area (Å²) < 4.78 is 26.2. The fraction of sp³-hybridized carbons (Fsp3) is 0.467. The summed E-state index contributed by atoms with van der Waals surface area (Å²) in [6.07, 6.45) is 2.95. The molecule has 1 fully saturated rings. The molecule has 0 aromatic heterocycles. The Balaban J connectivity index is 1.86. The number of nitrogens with one attached hydrogen (secondary N) is 2. The van der Waals surface area contributed by atoms with Crippen LogP contribution in [-0.4, -0.2) is 29.6 Å². The van der Waals surface area contributed by atoms with Gasteiger partial charge in [-0.15, -0.1) is 0 Å². The molecule has 5 nitrogen and oxygen atoms in total. The predicted octanol–water partition coefficient (Wildman–Crippen LogP) is 1.57. The third-order valence-electron chi connectivity index (χ3n) is 3.83. The van der Waals surface area contributed by atoms with Crippen molar-refractivity contribution in [2.45, 2.75) is 31.7 Å². The van der Waals surface area contributed by atoms with Gasteiger partial charge in [0.25, 0.3) is 0 Å². The average molecular weight is 312 g/mol. The third-order valence-corrected chi connectivity index (χ3v) is 3.83. The molecule has 1 aromatic rings. The lowest BCUT2D eigenvalue weighted by molar-refractivity contribution is -0.136. The Hall–Kier alpha value is -2.02. The van der Waals surface area contributed by atoms with E-state index in [9.17, 15) is 18.4 Å². The maximum Gasteiger partial charge on any atom is 0.313 e. The second kappa shape index (κ2) is 7.31. The highest BCUT2D eigenvalue weighted by Gasteiger charge is 2.24. The summed E-state index contributed by atoms with van der Waals surface area (Å²) in [4.78, 5) is 23.5. The molecule has 0 saturated heterocycles. The number of hydrogen-bond acceptors (Lipinski definition) is 3. The number of amides is 2. The number of rotatable bonds is 3. The molecule has 0 heterocycles. The Kier molecular flexibility index (Phi) is 5.43. The van der Waals surface area contributed by atoms with Crippen molar-refractivity contribution in [3.8, 4) is 0 Å². The second-order valence-electron chi connectivity index (χ2n) is 5.45. The maximum absolute atomic E-state index is 13.4. The molecule has 0 spiro atoms. The average Bonchev–Trinajstić information content (AvgIpc) is 2.50. The highest BCUT2D eigenvalue weighted by atomic mass is 19.1. The molecule has 0 aliphatic heterocycles. The van der Waals surface area contributed by atoms with Crippen LogP contribution in [0.15, 0.2) is 18.2 Å². The van der Waals surface area contributed by atoms with Crippen molar-refractivity contribution in [1.29, 1.82) is 0 Å². The Bertz CT molecular complexity index is 558. The maximum atomic E-state index is 13.4. The number of anilines is 1. The molecular formula is C15H18F2N2O3. The van der Waals surface area contributed by atoms with E-state index in [-0.39, 0.29) is 24.3 Å². The SMILES string of the molecule is O=C(Nc1ccc(F)cc1F)C(=O)NC1CCC(CO)CC1. The van der Waals surface area contributed by atoms with Crippen LogP contribution in [0.1, 0.15) is 25.7 Å². The molecule has 1 aromatic carbocycles. The molecule has 120 valence electrons. The van der Waals surface area contributed by atoms with Crippen LogP contribution >= 0.6 is 0 Å². The van der Waals surface area contributed by atoms with Crippen LogP contribution in [0.25, 0.3) is 0 Å². The molecule has 0 bridgehead atoms. The van der Waals surface area contributed by atoms with Crippen molar-refractivity contribution in [1.82, 2.24) is 5.32 Å². The van der Waals surface area contributed by atoms with Crippen molar-refractivity contribution >= 4 is 17.5 Å². The molecule has 7 heteroatoms. The minimum Gasteiger partial charge on any atom is -0.396 e. The summed E-state index contributed by atoms with van der Waals surface area (Å²) in [5.74, 6) is -3.30. The van der Waals surface area contributed by atoms with E-state index < -0.39 is 23.4 Å². The molecule has 0 unspecified atom stereocenters. The number of hydrogen-bond donors (Lipinski definition) is 3. The van der Waals surface area contributed by atoms with Crippen LogP contribution in [0.4, 0.5) is 14.5 Å². The summed E-state index contributed by atoms with van der Waals surface area (Å²) in [6, 6.07) is 2.55. The zero-order chi connectivity index (χ0) is 16.1. The van der Waals surface area contributed by atoms with Crippen LogP contribution in [0.3, 0.4) is 0 Å². The lowest BCUT2D eigenvalue weighted by Gasteiger charge is -2.27. The number of aliphatic hydroxyl groups excluding tert-OH is 1. The number of aliphatic hydroxyl groups is 1. The van der Waals surface area contributed by atoms with Crippen molar-refractivity contribution in [3.05, 3.63) is 29.8 Å². The minimum atomic E-state index is -0.991. The lowest BCUT2D eigenvalue weighted by Crippen LogP contribution is -2.43. The molecule has 2 amide bonds. The van der Waals surface area contributed by atoms with Gasteiger partial charge in [-0.2, -0.15) is 0 Å². The number of benzene rings is 1. The van der Waals surface area contributed by atoms with Gasteiger partial charge in [0.15, 0.2) is 0 Å². The Labute approximate surface area is 126 Å². The zero-order valence-corrected chi connectivity index (χ0v) is 11.9. The first-order chi connectivity index (χ1) is 10.5. The topological polar surface area (TPSA) is 78.4 Å². The van der Waals surface area contributed by atoms with Crippen LogP contribution in [0, 0.1) is 17.6 Å². The number of carbonyl (C=O) groups is 2. The first kappa shape index (κ1) is 16.4. The second-order valence-corrected chi connectivity index (χ2v) is 5.45. The quantitative estimate of drug-likeness (QED) is 0.741. The highest BCUT2D eigenvalue weighted by Crippen LogP contribution is 2.23. The van der Waals surface area contributed by atoms with Gasteiger partial charge in [0.2, 0.25) is 0 Å². The first-order valence-corrected chi connectivity index (χ1v) is 7.17. The van der Waals surface area contributed by atoms with Gasteiger partial charge in [-0.1, -0.05) is 0 Å². The van der Waals surface area contributed by atoms with E-state index in [1.807, 2.05) is 0 Å². The normalized spacial score (nSPS) is 21.2. The first-order valence-electron chi connectivity index (χ1n) is 7.17. The van der Waals surface area contributed by atoms with E-state index in [1.165, 1.54) is 0 Å². The van der Waals surface area contributed by atoms with Gasteiger partial charge in [0.05, 0.1) is 5.69 Å². The van der Waals surface area contributed by atoms with Crippen LogP contribution in [0.2, 0.25) is 0 Å². The Morgan fingerprint density at radius 3 is 2.41 bits per heavy atom. The molecule has 0 radical (unpaired) electrons. The van der Waals surface area contributed by atoms with Gasteiger partial charge < -0.3 is 15.7 Å². The summed E-state index contributed by atoms with van der Waals surface area (Å²) in [6.45, 7) is 0.130. The van der Waals surface area contributed by atoms with Gasteiger partial charge in [0, 0.05) is 18.7 Å². The standard InChI is InChI=1S/C15H18F2N2O3/c16-10-3-6-13(12(17)7-10)19-15(22)14(21)18-11-4-1-9(8-20)2-5-11/h3,6-7,9,11,20H,1-2,4-5,8H2,(H,18,21)(H,19,22). The molecule has 1 aliphatic carbocycles. The summed E-state index contributed by atoms with van der Waals surface area (Å²) in [7, 11) is 0. The van der Waals surface area contributed by atoms with Crippen LogP contribution in [-0.2, 0) is 9.59 Å². The van der Waals surface area contributed by atoms with Crippen molar-refractivity contribution in [2.75, 3.05) is 11.9 Å². The van der Waals surface area contributed by atoms with Crippen molar-refractivity contribution < 1.29 is 23.5 Å². The van der Waals surface area contributed by atoms with Crippen LogP contribution < -0.4 is 10.6 Å².